The molecule has 0 aliphatic rings. The van der Waals surface area contributed by atoms with E-state index < -0.39 is 0 Å². The average Bonchev–Trinajstić information content (AvgIpc) is 2.30. The van der Waals surface area contributed by atoms with Gasteiger partial charge in [0.2, 0.25) is 0 Å². The average molecular weight is 215 g/mol. The Hall–Kier alpha value is -1.97. The van der Waals surface area contributed by atoms with Gasteiger partial charge in [0.15, 0.2) is 5.82 Å². The first-order chi connectivity index (χ1) is 7.68. The molecular weight excluding hydrogens is 202 g/mol. The highest BCUT2D eigenvalue weighted by Crippen LogP contribution is 2.10. The molecule has 0 bridgehead atoms. The summed E-state index contributed by atoms with van der Waals surface area (Å²) in [5.74, 6) is 0.893. The lowest BCUT2D eigenvalue weighted by Crippen LogP contribution is -2.17. The Balaban J connectivity index is 2.43. The van der Waals surface area contributed by atoms with Crippen molar-refractivity contribution < 1.29 is 0 Å². The fourth-order valence-electron chi connectivity index (χ4n) is 1.39. The summed E-state index contributed by atoms with van der Waals surface area (Å²) < 4.78 is 1.47. The second-order valence-corrected chi connectivity index (χ2v) is 3.88. The first kappa shape index (κ1) is 10.5. The molecule has 4 nitrogen and oxygen atoms in total. The third-order valence-corrected chi connectivity index (χ3v) is 2.33. The van der Waals surface area contributed by atoms with Gasteiger partial charge in [0.25, 0.3) is 5.56 Å². The lowest BCUT2D eigenvalue weighted by atomic mass is 10.1. The molecule has 82 valence electrons. The van der Waals surface area contributed by atoms with Gasteiger partial charge in [-0.15, -0.1) is 5.10 Å². The van der Waals surface area contributed by atoms with Crippen molar-refractivity contribution in [3.63, 3.8) is 0 Å². The lowest BCUT2D eigenvalue weighted by molar-refractivity contribution is 0.768. The van der Waals surface area contributed by atoms with Crippen LogP contribution in [0.15, 0.2) is 41.3 Å². The van der Waals surface area contributed by atoms with E-state index in [0.29, 0.717) is 11.7 Å². The maximum atomic E-state index is 11.5. The molecule has 0 unspecified atom stereocenters. The molecule has 0 aromatic carbocycles. The Kier molecular flexibility index (Phi) is 2.81. The zero-order chi connectivity index (χ0) is 11.5. The lowest BCUT2D eigenvalue weighted by Gasteiger charge is -2.05. The molecule has 2 aromatic rings. The molecule has 0 fully saturated rings. The number of pyridine rings is 1. The molecule has 0 spiro atoms. The number of hydrogen-bond donors (Lipinski definition) is 0. The first-order valence-electron chi connectivity index (χ1n) is 5.20. The van der Waals surface area contributed by atoms with Crippen molar-refractivity contribution in [2.45, 2.75) is 19.8 Å². The third-order valence-electron chi connectivity index (χ3n) is 2.33. The van der Waals surface area contributed by atoms with Gasteiger partial charge in [-0.3, -0.25) is 9.36 Å². The monoisotopic (exact) mass is 215 g/mol. The normalized spacial score (nSPS) is 10.7. The van der Waals surface area contributed by atoms with Crippen LogP contribution in [0.25, 0.3) is 5.82 Å². The molecule has 0 N–H and O–H groups in total. The van der Waals surface area contributed by atoms with Crippen LogP contribution in [0, 0.1) is 0 Å². The summed E-state index contributed by atoms with van der Waals surface area (Å²) in [5.41, 5.74) is 0.821. The maximum Gasteiger partial charge on any atom is 0.256 e. The van der Waals surface area contributed by atoms with Gasteiger partial charge in [0, 0.05) is 12.3 Å². The van der Waals surface area contributed by atoms with Gasteiger partial charge in [-0.2, -0.15) is 5.10 Å². The molecule has 2 aromatic heterocycles. The number of aromatic nitrogens is 3. The van der Waals surface area contributed by atoms with E-state index in [-0.39, 0.29) is 5.56 Å². The molecule has 2 heterocycles. The van der Waals surface area contributed by atoms with E-state index in [9.17, 15) is 4.79 Å². The van der Waals surface area contributed by atoms with Crippen LogP contribution in [0.4, 0.5) is 0 Å². The Morgan fingerprint density at radius 2 is 1.94 bits per heavy atom. The number of hydrogen-bond acceptors (Lipinski definition) is 3. The summed E-state index contributed by atoms with van der Waals surface area (Å²) in [5, 5.41) is 8.13. The second-order valence-electron chi connectivity index (χ2n) is 3.88. The largest absolute Gasteiger partial charge is 0.269 e. The van der Waals surface area contributed by atoms with Crippen LogP contribution >= 0.6 is 0 Å². The van der Waals surface area contributed by atoms with Crippen molar-refractivity contribution in [1.29, 1.82) is 0 Å². The first-order valence-corrected chi connectivity index (χ1v) is 5.20. The molecule has 0 amide bonds. The maximum absolute atomic E-state index is 11.5. The molecule has 2 rings (SSSR count). The van der Waals surface area contributed by atoms with E-state index in [2.05, 4.69) is 24.0 Å². The molecule has 0 saturated carbocycles. The van der Waals surface area contributed by atoms with Crippen molar-refractivity contribution >= 4 is 0 Å². The van der Waals surface area contributed by atoms with Crippen molar-refractivity contribution in [2.75, 3.05) is 0 Å². The molecular formula is C12H13N3O. The molecule has 0 saturated heterocycles. The molecule has 0 aliphatic heterocycles. The second kappa shape index (κ2) is 4.26. The van der Waals surface area contributed by atoms with Crippen LogP contribution in [-0.4, -0.2) is 14.8 Å². The Morgan fingerprint density at radius 1 is 1.12 bits per heavy atom. The minimum atomic E-state index is -0.103. The molecule has 0 atom stereocenters. The number of rotatable bonds is 2. The summed E-state index contributed by atoms with van der Waals surface area (Å²) in [6, 6.07) is 8.70. The Labute approximate surface area is 93.6 Å². The Morgan fingerprint density at radius 3 is 2.50 bits per heavy atom. The van der Waals surface area contributed by atoms with Gasteiger partial charge in [-0.25, -0.2) is 0 Å². The van der Waals surface area contributed by atoms with E-state index in [0.717, 1.165) is 5.69 Å². The van der Waals surface area contributed by atoms with Crippen LogP contribution in [0.1, 0.15) is 25.5 Å². The third kappa shape index (κ3) is 2.00. The summed E-state index contributed by atoms with van der Waals surface area (Å²) in [4.78, 5) is 11.5. The Bertz CT molecular complexity index is 528. The van der Waals surface area contributed by atoms with Crippen molar-refractivity contribution in [2.24, 2.45) is 0 Å². The van der Waals surface area contributed by atoms with E-state index in [1.807, 2.05) is 12.1 Å². The summed E-state index contributed by atoms with van der Waals surface area (Å²) in [6.07, 6.45) is 1.68. The molecule has 4 heteroatoms. The minimum Gasteiger partial charge on any atom is -0.269 e. The van der Waals surface area contributed by atoms with Gasteiger partial charge in [-0.1, -0.05) is 19.9 Å². The zero-order valence-electron chi connectivity index (χ0n) is 9.29. The highest BCUT2D eigenvalue weighted by molar-refractivity contribution is 5.23. The van der Waals surface area contributed by atoms with Crippen LogP contribution in [-0.2, 0) is 0 Å². The van der Waals surface area contributed by atoms with Crippen molar-refractivity contribution in [3.05, 3.63) is 52.6 Å². The van der Waals surface area contributed by atoms with Gasteiger partial charge >= 0.3 is 0 Å². The van der Waals surface area contributed by atoms with E-state index in [4.69, 9.17) is 0 Å². The quantitative estimate of drug-likeness (QED) is 0.766. The summed E-state index contributed by atoms with van der Waals surface area (Å²) >= 11 is 0. The summed E-state index contributed by atoms with van der Waals surface area (Å²) in [6.45, 7) is 4.11. The topological polar surface area (TPSA) is 47.8 Å². The standard InChI is InChI=1S/C12H13N3O/c1-9(2)10-6-7-11(14-13-10)15-8-4-3-5-12(15)16/h3-9H,1-2H3. The SMILES string of the molecule is CC(C)c1ccc(-n2ccccc2=O)nn1. The van der Waals surface area contributed by atoms with Crippen LogP contribution in [0.3, 0.4) is 0 Å². The van der Waals surface area contributed by atoms with E-state index in [1.54, 1.807) is 18.3 Å². The van der Waals surface area contributed by atoms with Crippen LogP contribution in [0.2, 0.25) is 0 Å². The van der Waals surface area contributed by atoms with Crippen LogP contribution in [0.5, 0.6) is 0 Å². The highest BCUT2D eigenvalue weighted by atomic mass is 16.1. The van der Waals surface area contributed by atoms with Crippen molar-refractivity contribution in [1.82, 2.24) is 14.8 Å². The van der Waals surface area contributed by atoms with Gasteiger partial charge in [0.05, 0.1) is 5.69 Å². The van der Waals surface area contributed by atoms with Crippen LogP contribution < -0.4 is 5.56 Å². The van der Waals surface area contributed by atoms with Gasteiger partial charge in [-0.05, 0) is 24.1 Å². The van der Waals surface area contributed by atoms with E-state index >= 15 is 0 Å². The molecule has 0 aliphatic carbocycles. The van der Waals surface area contributed by atoms with Gasteiger partial charge in [0.1, 0.15) is 0 Å². The van der Waals surface area contributed by atoms with E-state index in [1.165, 1.54) is 10.6 Å². The minimum absolute atomic E-state index is 0.103. The van der Waals surface area contributed by atoms with Gasteiger partial charge < -0.3 is 0 Å². The fraction of sp³-hybridized carbons (Fsp3) is 0.250. The summed E-state index contributed by atoms with van der Waals surface area (Å²) in [7, 11) is 0. The molecule has 16 heavy (non-hydrogen) atoms. The number of nitrogens with zero attached hydrogens (tertiary/aromatic N) is 3. The highest BCUT2D eigenvalue weighted by Gasteiger charge is 2.03. The predicted octanol–water partition coefficient (Wildman–Crippen LogP) is 1.75. The predicted molar refractivity (Wildman–Crippen MR) is 61.7 cm³/mol. The molecule has 0 radical (unpaired) electrons. The fourth-order valence-corrected chi connectivity index (χ4v) is 1.39. The zero-order valence-corrected chi connectivity index (χ0v) is 9.29. The van der Waals surface area contributed by atoms with Crippen molar-refractivity contribution in [3.8, 4) is 5.82 Å². The smallest absolute Gasteiger partial charge is 0.256 e.